The van der Waals surface area contributed by atoms with Crippen LogP contribution in [0.5, 0.6) is 5.75 Å². The molecule has 4 nitrogen and oxygen atoms in total. The van der Waals surface area contributed by atoms with Crippen LogP contribution in [0, 0.1) is 0 Å². The van der Waals surface area contributed by atoms with Gasteiger partial charge in [-0.05, 0) is 30.7 Å². The normalized spacial score (nSPS) is 25.9. The standard InChI is InChI=1S/C13H16F2N2O2S/c14-13(15)19-10-4-6-20-11(10)12(18)17-5-3-8-1-2-9(7-17)16-8/h4,6,8-9,13,16H,1-3,5,7H2. The molecular weight excluding hydrogens is 286 g/mol. The maximum atomic E-state index is 12.5. The third-order valence-corrected chi connectivity index (χ3v) is 4.73. The highest BCUT2D eigenvalue weighted by atomic mass is 32.1. The van der Waals surface area contributed by atoms with E-state index in [1.807, 2.05) is 0 Å². The van der Waals surface area contributed by atoms with Gasteiger partial charge in [0.1, 0.15) is 10.6 Å². The van der Waals surface area contributed by atoms with Crippen molar-refractivity contribution in [3.63, 3.8) is 0 Å². The fourth-order valence-electron chi connectivity index (χ4n) is 2.91. The van der Waals surface area contributed by atoms with E-state index in [4.69, 9.17) is 0 Å². The SMILES string of the molecule is O=C(c1sccc1OC(F)F)N1CCC2CCC(C1)N2. The Labute approximate surface area is 119 Å². The van der Waals surface area contributed by atoms with Crippen molar-refractivity contribution >= 4 is 17.2 Å². The van der Waals surface area contributed by atoms with Crippen molar-refractivity contribution in [3.05, 3.63) is 16.3 Å². The molecule has 0 aliphatic carbocycles. The summed E-state index contributed by atoms with van der Waals surface area (Å²) >= 11 is 1.15. The van der Waals surface area contributed by atoms with Crippen molar-refractivity contribution in [1.29, 1.82) is 0 Å². The number of halogens is 2. The molecule has 2 saturated heterocycles. The average molecular weight is 302 g/mol. The van der Waals surface area contributed by atoms with E-state index in [0.29, 0.717) is 25.2 Å². The van der Waals surface area contributed by atoms with E-state index in [2.05, 4.69) is 10.1 Å². The van der Waals surface area contributed by atoms with Crippen LogP contribution in [0.3, 0.4) is 0 Å². The van der Waals surface area contributed by atoms with Crippen LogP contribution in [0.1, 0.15) is 28.9 Å². The molecular formula is C13H16F2N2O2S. The Hall–Kier alpha value is -1.21. The van der Waals surface area contributed by atoms with Crippen LogP contribution in [-0.2, 0) is 0 Å². The molecule has 20 heavy (non-hydrogen) atoms. The first-order valence-corrected chi connectivity index (χ1v) is 7.59. The number of likely N-dealkylation sites (tertiary alicyclic amines) is 1. The van der Waals surface area contributed by atoms with E-state index in [-0.39, 0.29) is 16.5 Å². The fraction of sp³-hybridized carbons (Fsp3) is 0.615. The molecule has 2 fully saturated rings. The van der Waals surface area contributed by atoms with Crippen molar-refractivity contribution in [1.82, 2.24) is 10.2 Å². The van der Waals surface area contributed by atoms with Crippen LogP contribution in [0.25, 0.3) is 0 Å². The Bertz CT molecular complexity index is 494. The van der Waals surface area contributed by atoms with Crippen molar-refractivity contribution in [2.75, 3.05) is 13.1 Å². The largest absolute Gasteiger partial charge is 0.433 e. The molecule has 2 unspecified atom stereocenters. The lowest BCUT2D eigenvalue weighted by Gasteiger charge is -2.24. The van der Waals surface area contributed by atoms with Gasteiger partial charge in [0.2, 0.25) is 0 Å². The van der Waals surface area contributed by atoms with Gasteiger partial charge in [0.25, 0.3) is 5.91 Å². The van der Waals surface area contributed by atoms with Crippen LogP contribution in [0.2, 0.25) is 0 Å². The van der Waals surface area contributed by atoms with Gasteiger partial charge in [0.05, 0.1) is 0 Å². The van der Waals surface area contributed by atoms with E-state index >= 15 is 0 Å². The number of rotatable bonds is 3. The lowest BCUT2D eigenvalue weighted by Crippen LogP contribution is -2.38. The van der Waals surface area contributed by atoms with Crippen molar-refractivity contribution in [2.45, 2.75) is 38.0 Å². The summed E-state index contributed by atoms with van der Waals surface area (Å²) in [6.45, 7) is -1.60. The third kappa shape index (κ3) is 2.78. The molecule has 2 bridgehead atoms. The highest BCUT2D eigenvalue weighted by molar-refractivity contribution is 7.12. The first-order chi connectivity index (χ1) is 9.63. The summed E-state index contributed by atoms with van der Waals surface area (Å²) in [6, 6.07) is 2.23. The lowest BCUT2D eigenvalue weighted by molar-refractivity contribution is -0.0499. The second kappa shape index (κ2) is 5.65. The zero-order valence-corrected chi connectivity index (χ0v) is 11.7. The van der Waals surface area contributed by atoms with E-state index in [0.717, 1.165) is 30.6 Å². The van der Waals surface area contributed by atoms with Gasteiger partial charge < -0.3 is 15.0 Å². The Kier molecular flexibility index (Phi) is 3.89. The topological polar surface area (TPSA) is 41.6 Å². The minimum absolute atomic E-state index is 0.0163. The molecule has 1 N–H and O–H groups in total. The predicted octanol–water partition coefficient (Wildman–Crippen LogP) is 2.32. The highest BCUT2D eigenvalue weighted by Crippen LogP contribution is 2.29. The van der Waals surface area contributed by atoms with Gasteiger partial charge in [-0.25, -0.2) is 0 Å². The summed E-state index contributed by atoms with van der Waals surface area (Å²) in [6.07, 6.45) is 3.14. The summed E-state index contributed by atoms with van der Waals surface area (Å²) in [7, 11) is 0. The quantitative estimate of drug-likeness (QED) is 0.931. The van der Waals surface area contributed by atoms with Gasteiger partial charge in [-0.3, -0.25) is 4.79 Å². The maximum absolute atomic E-state index is 12.5. The molecule has 110 valence electrons. The molecule has 0 spiro atoms. The molecule has 1 aromatic heterocycles. The first kappa shape index (κ1) is 13.8. The molecule has 0 saturated carbocycles. The number of carbonyl (C=O) groups is 1. The fourth-order valence-corrected chi connectivity index (χ4v) is 3.70. The number of hydrogen-bond acceptors (Lipinski definition) is 4. The molecule has 0 radical (unpaired) electrons. The minimum Gasteiger partial charge on any atom is -0.433 e. The van der Waals surface area contributed by atoms with Crippen LogP contribution < -0.4 is 10.1 Å². The number of fused-ring (bicyclic) bond motifs is 2. The van der Waals surface area contributed by atoms with Gasteiger partial charge in [-0.1, -0.05) is 0 Å². The number of nitrogens with one attached hydrogen (secondary N) is 1. The minimum atomic E-state index is -2.90. The third-order valence-electron chi connectivity index (χ3n) is 3.85. The molecule has 2 aliphatic rings. The molecule has 0 aromatic carbocycles. The van der Waals surface area contributed by atoms with Crippen molar-refractivity contribution in [2.24, 2.45) is 0 Å². The van der Waals surface area contributed by atoms with Gasteiger partial charge in [-0.15, -0.1) is 11.3 Å². The predicted molar refractivity (Wildman–Crippen MR) is 71.4 cm³/mol. The zero-order valence-electron chi connectivity index (χ0n) is 10.9. The number of thiophene rings is 1. The number of nitrogens with zero attached hydrogens (tertiary/aromatic N) is 1. The van der Waals surface area contributed by atoms with Gasteiger partial charge in [-0.2, -0.15) is 8.78 Å². The highest BCUT2D eigenvalue weighted by Gasteiger charge is 2.32. The number of amides is 1. The van der Waals surface area contributed by atoms with Gasteiger partial charge >= 0.3 is 6.61 Å². The van der Waals surface area contributed by atoms with E-state index in [9.17, 15) is 13.6 Å². The Morgan fingerprint density at radius 2 is 2.20 bits per heavy atom. The zero-order chi connectivity index (χ0) is 14.1. The summed E-state index contributed by atoms with van der Waals surface area (Å²) in [5, 5.41) is 5.09. The smallest absolute Gasteiger partial charge is 0.387 e. The molecule has 7 heteroatoms. The Balaban J connectivity index is 1.73. The monoisotopic (exact) mass is 302 g/mol. The number of alkyl halides is 2. The molecule has 2 atom stereocenters. The van der Waals surface area contributed by atoms with Crippen molar-refractivity contribution < 1.29 is 18.3 Å². The molecule has 2 aliphatic heterocycles. The number of ether oxygens (including phenoxy) is 1. The number of carbonyl (C=O) groups excluding carboxylic acids is 1. The Morgan fingerprint density at radius 3 is 3.00 bits per heavy atom. The summed E-state index contributed by atoms with van der Waals surface area (Å²) < 4.78 is 29.0. The average Bonchev–Trinajstić information content (AvgIpc) is 2.95. The van der Waals surface area contributed by atoms with E-state index in [1.54, 1.807) is 10.3 Å². The van der Waals surface area contributed by atoms with Gasteiger partial charge in [0, 0.05) is 25.2 Å². The molecule has 1 amide bonds. The first-order valence-electron chi connectivity index (χ1n) is 6.71. The second-order valence-electron chi connectivity index (χ2n) is 5.17. The Morgan fingerprint density at radius 1 is 1.40 bits per heavy atom. The molecule has 3 heterocycles. The van der Waals surface area contributed by atoms with Gasteiger partial charge in [0.15, 0.2) is 0 Å². The van der Waals surface area contributed by atoms with Crippen LogP contribution in [0.15, 0.2) is 11.4 Å². The number of hydrogen-bond donors (Lipinski definition) is 1. The lowest BCUT2D eigenvalue weighted by atomic mass is 10.1. The maximum Gasteiger partial charge on any atom is 0.387 e. The molecule has 1 aromatic rings. The van der Waals surface area contributed by atoms with Crippen molar-refractivity contribution in [3.8, 4) is 5.75 Å². The second-order valence-corrected chi connectivity index (χ2v) is 6.09. The van der Waals surface area contributed by atoms with Crippen LogP contribution in [-0.4, -0.2) is 42.6 Å². The summed E-state index contributed by atoms with van der Waals surface area (Å²) in [4.78, 5) is 14.5. The summed E-state index contributed by atoms with van der Waals surface area (Å²) in [5.41, 5.74) is 0. The van der Waals surface area contributed by atoms with E-state index < -0.39 is 6.61 Å². The van der Waals surface area contributed by atoms with Crippen LogP contribution >= 0.6 is 11.3 Å². The van der Waals surface area contributed by atoms with Crippen LogP contribution in [0.4, 0.5) is 8.78 Å². The summed E-state index contributed by atoms with van der Waals surface area (Å²) in [5.74, 6) is -0.220. The molecule has 3 rings (SSSR count). The van der Waals surface area contributed by atoms with E-state index in [1.165, 1.54) is 6.07 Å².